The van der Waals surface area contributed by atoms with Gasteiger partial charge in [-0.05, 0) is 26.7 Å². The van der Waals surface area contributed by atoms with Crippen molar-refractivity contribution in [3.8, 4) is 0 Å². The molecular weight excluding hydrogens is 238 g/mol. The predicted molar refractivity (Wildman–Crippen MR) is 75.9 cm³/mol. The summed E-state index contributed by atoms with van der Waals surface area (Å²) in [4.78, 5) is 18.5. The highest BCUT2D eigenvalue weighted by atomic mass is 16.2. The van der Waals surface area contributed by atoms with Crippen LogP contribution in [0.15, 0.2) is 24.5 Å². The molecule has 0 radical (unpaired) electrons. The number of likely N-dealkylation sites (tertiary alicyclic amines) is 1. The van der Waals surface area contributed by atoms with Crippen LogP contribution in [0, 0.1) is 0 Å². The molecule has 1 saturated heterocycles. The smallest absolute Gasteiger partial charge is 0.226 e. The molecule has 4 nitrogen and oxygen atoms in total. The standard InChI is InChI=1S/C15H23N3O/c1-3-5-8-14(19)18-10-6-7-13(12-18)15-16-9-11-17(15)4-2/h3,5,9,11,13H,4,6-8,10,12H2,1-2H3/b5-3+/t13-/m1/s1. The van der Waals surface area contributed by atoms with Crippen LogP contribution < -0.4 is 0 Å². The number of hydrogen-bond donors (Lipinski definition) is 0. The van der Waals surface area contributed by atoms with Gasteiger partial charge in [-0.1, -0.05) is 12.2 Å². The summed E-state index contributed by atoms with van der Waals surface area (Å²) >= 11 is 0. The molecule has 0 aromatic carbocycles. The zero-order valence-electron chi connectivity index (χ0n) is 11.9. The number of carbonyl (C=O) groups is 1. The van der Waals surface area contributed by atoms with E-state index in [1.165, 1.54) is 0 Å². The van der Waals surface area contributed by atoms with Gasteiger partial charge in [-0.3, -0.25) is 4.79 Å². The molecule has 104 valence electrons. The van der Waals surface area contributed by atoms with Crippen LogP contribution in [0.2, 0.25) is 0 Å². The first-order chi connectivity index (χ1) is 9.26. The molecule has 0 unspecified atom stereocenters. The molecule has 0 bridgehead atoms. The van der Waals surface area contributed by atoms with E-state index >= 15 is 0 Å². The zero-order valence-corrected chi connectivity index (χ0v) is 11.9. The average molecular weight is 261 g/mol. The molecule has 1 aromatic heterocycles. The molecule has 0 aliphatic carbocycles. The maximum atomic E-state index is 12.1. The van der Waals surface area contributed by atoms with E-state index < -0.39 is 0 Å². The van der Waals surface area contributed by atoms with E-state index in [1.54, 1.807) is 0 Å². The molecular formula is C15H23N3O. The third-order valence-corrected chi connectivity index (χ3v) is 3.76. The Hall–Kier alpha value is -1.58. The molecule has 2 rings (SSSR count). The van der Waals surface area contributed by atoms with Crippen LogP contribution in [0.4, 0.5) is 0 Å². The Morgan fingerprint density at radius 3 is 3.16 bits per heavy atom. The lowest BCUT2D eigenvalue weighted by Gasteiger charge is -2.32. The minimum absolute atomic E-state index is 0.234. The lowest BCUT2D eigenvalue weighted by atomic mass is 9.97. The van der Waals surface area contributed by atoms with Gasteiger partial charge in [0.1, 0.15) is 5.82 Å². The van der Waals surface area contributed by atoms with Crippen molar-refractivity contribution in [2.45, 2.75) is 45.6 Å². The molecule has 1 atom stereocenters. The molecule has 1 aromatic rings. The first kappa shape index (κ1) is 13.8. The molecule has 2 heterocycles. The van der Waals surface area contributed by atoms with Crippen LogP contribution in [0.25, 0.3) is 0 Å². The lowest BCUT2D eigenvalue weighted by Crippen LogP contribution is -2.39. The summed E-state index contributed by atoms with van der Waals surface area (Å²) in [5, 5.41) is 0. The fraction of sp³-hybridized carbons (Fsp3) is 0.600. The molecule has 0 saturated carbocycles. The molecule has 1 fully saturated rings. The Balaban J connectivity index is 2.03. The monoisotopic (exact) mass is 261 g/mol. The minimum atomic E-state index is 0.234. The summed E-state index contributed by atoms with van der Waals surface area (Å²) in [6.45, 7) is 6.72. The third-order valence-electron chi connectivity index (χ3n) is 3.76. The van der Waals surface area contributed by atoms with Gasteiger partial charge in [0.05, 0.1) is 0 Å². The third kappa shape index (κ3) is 3.25. The minimum Gasteiger partial charge on any atom is -0.342 e. The number of piperidine rings is 1. The quantitative estimate of drug-likeness (QED) is 0.781. The van der Waals surface area contributed by atoms with E-state index in [4.69, 9.17) is 0 Å². The van der Waals surface area contributed by atoms with Crippen molar-refractivity contribution in [1.29, 1.82) is 0 Å². The Morgan fingerprint density at radius 1 is 1.58 bits per heavy atom. The molecule has 0 spiro atoms. The van der Waals surface area contributed by atoms with Crippen LogP contribution >= 0.6 is 0 Å². The second-order valence-electron chi connectivity index (χ2n) is 5.02. The van der Waals surface area contributed by atoms with Crippen molar-refractivity contribution in [3.05, 3.63) is 30.4 Å². The molecule has 1 amide bonds. The number of imidazole rings is 1. The highest BCUT2D eigenvalue weighted by Gasteiger charge is 2.26. The van der Waals surface area contributed by atoms with Crippen molar-refractivity contribution in [2.24, 2.45) is 0 Å². The first-order valence-electron chi connectivity index (χ1n) is 7.16. The van der Waals surface area contributed by atoms with Gasteiger partial charge < -0.3 is 9.47 Å². The Bertz CT molecular complexity index is 450. The van der Waals surface area contributed by atoms with E-state index in [9.17, 15) is 4.79 Å². The second kappa shape index (κ2) is 6.55. The fourth-order valence-electron chi connectivity index (χ4n) is 2.71. The molecule has 4 heteroatoms. The lowest BCUT2D eigenvalue weighted by molar-refractivity contribution is -0.131. The van der Waals surface area contributed by atoms with Gasteiger partial charge in [0.25, 0.3) is 0 Å². The molecule has 19 heavy (non-hydrogen) atoms. The topological polar surface area (TPSA) is 38.1 Å². The first-order valence-corrected chi connectivity index (χ1v) is 7.16. The summed E-state index contributed by atoms with van der Waals surface area (Å²) in [5.41, 5.74) is 0. The van der Waals surface area contributed by atoms with Crippen LogP contribution in [0.5, 0.6) is 0 Å². The van der Waals surface area contributed by atoms with Crippen molar-refractivity contribution in [3.63, 3.8) is 0 Å². The number of hydrogen-bond acceptors (Lipinski definition) is 2. The number of carbonyl (C=O) groups excluding carboxylic acids is 1. The SMILES string of the molecule is C/C=C/CC(=O)N1CCC[C@@H](c2nccn2CC)C1. The maximum absolute atomic E-state index is 12.1. The number of aromatic nitrogens is 2. The van der Waals surface area contributed by atoms with E-state index in [2.05, 4.69) is 16.5 Å². The Kier molecular flexibility index (Phi) is 4.77. The zero-order chi connectivity index (χ0) is 13.7. The van der Waals surface area contributed by atoms with Crippen LogP contribution in [0.3, 0.4) is 0 Å². The van der Waals surface area contributed by atoms with Gasteiger partial charge in [-0.25, -0.2) is 4.98 Å². The Labute approximate surface area is 115 Å². The van der Waals surface area contributed by atoms with E-state index in [1.807, 2.05) is 36.4 Å². The highest BCUT2D eigenvalue weighted by molar-refractivity contribution is 5.77. The summed E-state index contributed by atoms with van der Waals surface area (Å²) in [6, 6.07) is 0. The highest BCUT2D eigenvalue weighted by Crippen LogP contribution is 2.26. The van der Waals surface area contributed by atoms with Crippen LogP contribution in [-0.2, 0) is 11.3 Å². The molecule has 1 aliphatic heterocycles. The van der Waals surface area contributed by atoms with Crippen LogP contribution in [-0.4, -0.2) is 33.4 Å². The van der Waals surface area contributed by atoms with Gasteiger partial charge in [0.15, 0.2) is 0 Å². The van der Waals surface area contributed by atoms with Crippen molar-refractivity contribution in [2.75, 3.05) is 13.1 Å². The number of allylic oxidation sites excluding steroid dienone is 1. The van der Waals surface area contributed by atoms with Crippen molar-refractivity contribution >= 4 is 5.91 Å². The van der Waals surface area contributed by atoms with Gasteiger partial charge >= 0.3 is 0 Å². The summed E-state index contributed by atoms with van der Waals surface area (Å²) in [5.74, 6) is 1.75. The second-order valence-corrected chi connectivity index (χ2v) is 5.02. The maximum Gasteiger partial charge on any atom is 0.226 e. The van der Waals surface area contributed by atoms with E-state index in [0.717, 1.165) is 38.3 Å². The van der Waals surface area contributed by atoms with Gasteiger partial charge in [-0.2, -0.15) is 0 Å². The predicted octanol–water partition coefficient (Wildman–Crippen LogP) is 2.58. The summed E-state index contributed by atoms with van der Waals surface area (Å²) in [7, 11) is 0. The summed E-state index contributed by atoms with van der Waals surface area (Å²) < 4.78 is 2.19. The largest absolute Gasteiger partial charge is 0.342 e. The van der Waals surface area contributed by atoms with Gasteiger partial charge in [0, 0.05) is 44.4 Å². The number of aryl methyl sites for hydroxylation is 1. The molecule has 1 aliphatic rings. The summed E-state index contributed by atoms with van der Waals surface area (Å²) in [6.07, 6.45) is 10.5. The van der Waals surface area contributed by atoms with Crippen LogP contribution in [0.1, 0.15) is 44.9 Å². The van der Waals surface area contributed by atoms with Crippen molar-refractivity contribution < 1.29 is 4.79 Å². The number of nitrogens with zero attached hydrogens (tertiary/aromatic N) is 3. The Morgan fingerprint density at radius 2 is 2.42 bits per heavy atom. The van der Waals surface area contributed by atoms with Gasteiger partial charge in [0.2, 0.25) is 5.91 Å². The average Bonchev–Trinajstić information content (AvgIpc) is 2.93. The fourth-order valence-corrected chi connectivity index (χ4v) is 2.71. The number of amides is 1. The molecule has 0 N–H and O–H groups in total. The van der Waals surface area contributed by atoms with Crippen molar-refractivity contribution in [1.82, 2.24) is 14.5 Å². The van der Waals surface area contributed by atoms with E-state index in [-0.39, 0.29) is 5.91 Å². The number of rotatable bonds is 4. The van der Waals surface area contributed by atoms with E-state index in [0.29, 0.717) is 12.3 Å². The normalized spacial score (nSPS) is 20.1. The van der Waals surface area contributed by atoms with Gasteiger partial charge in [-0.15, -0.1) is 0 Å².